The average Bonchev–Trinajstić information content (AvgIpc) is 2.75. The van der Waals surface area contributed by atoms with Gasteiger partial charge in [-0.3, -0.25) is 4.99 Å². The van der Waals surface area contributed by atoms with E-state index >= 15 is 0 Å². The highest BCUT2D eigenvalue weighted by molar-refractivity contribution is 7.11. The molecular weight excluding hydrogens is 276 g/mol. The molecule has 1 aromatic heterocycles. The molecule has 0 radical (unpaired) electrons. The number of aryl methyl sites for hydroxylation is 2. The molecule has 0 aliphatic rings. The molecule has 0 fully saturated rings. The first-order chi connectivity index (χ1) is 9.67. The molecule has 6 nitrogen and oxygen atoms in total. The number of nitrogens with zero attached hydrogens (tertiary/aromatic N) is 2. The van der Waals surface area contributed by atoms with E-state index in [2.05, 4.69) is 20.6 Å². The highest BCUT2D eigenvalue weighted by Crippen LogP contribution is 2.16. The maximum Gasteiger partial charge on any atom is 0.191 e. The normalized spacial score (nSPS) is 11.7. The Kier molecular flexibility index (Phi) is 8.17. The lowest BCUT2D eigenvalue weighted by molar-refractivity contribution is 0.0733. The van der Waals surface area contributed by atoms with Crippen LogP contribution in [-0.2, 0) is 16.0 Å². The zero-order valence-electron chi connectivity index (χ0n) is 12.7. The van der Waals surface area contributed by atoms with Gasteiger partial charge in [0, 0.05) is 25.6 Å². The molecular formula is C13H24N4O2S. The number of hydrogen-bond donors (Lipinski definition) is 2. The van der Waals surface area contributed by atoms with E-state index in [1.54, 1.807) is 25.5 Å². The third-order valence-electron chi connectivity index (χ3n) is 2.61. The molecule has 0 amide bonds. The third kappa shape index (κ3) is 6.31. The van der Waals surface area contributed by atoms with E-state index in [1.807, 2.05) is 13.8 Å². The van der Waals surface area contributed by atoms with Crippen molar-refractivity contribution in [1.82, 2.24) is 15.6 Å². The van der Waals surface area contributed by atoms with Gasteiger partial charge in [0.2, 0.25) is 0 Å². The quantitative estimate of drug-likeness (QED) is 0.427. The van der Waals surface area contributed by atoms with Crippen LogP contribution in [0.5, 0.6) is 0 Å². The highest BCUT2D eigenvalue weighted by Gasteiger charge is 2.05. The summed E-state index contributed by atoms with van der Waals surface area (Å²) in [4.78, 5) is 9.81. The van der Waals surface area contributed by atoms with Crippen LogP contribution < -0.4 is 10.6 Å². The first kappa shape index (κ1) is 16.9. The molecule has 0 aliphatic heterocycles. The van der Waals surface area contributed by atoms with E-state index < -0.39 is 0 Å². The van der Waals surface area contributed by atoms with Crippen LogP contribution >= 0.6 is 11.3 Å². The predicted octanol–water partition coefficient (Wildman–Crippen LogP) is 1.09. The topological polar surface area (TPSA) is 67.8 Å². The van der Waals surface area contributed by atoms with Gasteiger partial charge >= 0.3 is 0 Å². The largest absolute Gasteiger partial charge is 0.382 e. The van der Waals surface area contributed by atoms with E-state index in [0.717, 1.165) is 23.2 Å². The average molecular weight is 300 g/mol. The minimum absolute atomic E-state index is 0.615. The van der Waals surface area contributed by atoms with Crippen LogP contribution in [0.2, 0.25) is 0 Å². The molecule has 0 spiro atoms. The number of guanidine groups is 1. The molecule has 0 atom stereocenters. The Morgan fingerprint density at radius 2 is 2.05 bits per heavy atom. The SMILES string of the molecule is CN=C(NCCOCCOC)NCc1sc(C)nc1C. The zero-order valence-corrected chi connectivity index (χ0v) is 13.5. The fourth-order valence-electron chi connectivity index (χ4n) is 1.61. The van der Waals surface area contributed by atoms with Crippen molar-refractivity contribution in [3.8, 4) is 0 Å². The van der Waals surface area contributed by atoms with Crippen LogP contribution in [0, 0.1) is 13.8 Å². The second kappa shape index (κ2) is 9.68. The van der Waals surface area contributed by atoms with Crippen molar-refractivity contribution in [2.75, 3.05) is 40.5 Å². The van der Waals surface area contributed by atoms with Crippen molar-refractivity contribution in [1.29, 1.82) is 0 Å². The standard InChI is InChI=1S/C13H24N4O2S/c1-10-12(20-11(2)17-10)9-16-13(14-3)15-5-6-19-8-7-18-4/h5-9H2,1-4H3,(H2,14,15,16). The van der Waals surface area contributed by atoms with Gasteiger partial charge in [0.15, 0.2) is 5.96 Å². The zero-order chi connectivity index (χ0) is 14.8. The Balaban J connectivity index is 2.21. The molecule has 0 saturated heterocycles. The summed E-state index contributed by atoms with van der Waals surface area (Å²) in [6.07, 6.45) is 0. The van der Waals surface area contributed by atoms with Gasteiger partial charge in [-0.2, -0.15) is 0 Å². The van der Waals surface area contributed by atoms with Crippen molar-refractivity contribution in [2.24, 2.45) is 4.99 Å². The lowest BCUT2D eigenvalue weighted by Crippen LogP contribution is -2.38. The summed E-state index contributed by atoms with van der Waals surface area (Å²) in [7, 11) is 3.42. The molecule has 20 heavy (non-hydrogen) atoms. The van der Waals surface area contributed by atoms with Crippen LogP contribution in [0.25, 0.3) is 0 Å². The third-order valence-corrected chi connectivity index (χ3v) is 3.68. The van der Waals surface area contributed by atoms with Crippen LogP contribution in [0.15, 0.2) is 4.99 Å². The summed E-state index contributed by atoms with van der Waals surface area (Å²) >= 11 is 1.71. The Labute approximate surface area is 124 Å². The van der Waals surface area contributed by atoms with E-state index in [0.29, 0.717) is 26.4 Å². The van der Waals surface area contributed by atoms with Crippen molar-refractivity contribution in [3.63, 3.8) is 0 Å². The molecule has 0 unspecified atom stereocenters. The summed E-state index contributed by atoms with van der Waals surface area (Å²) in [5.41, 5.74) is 1.08. The molecule has 114 valence electrons. The number of thiazole rings is 1. The van der Waals surface area contributed by atoms with Gasteiger partial charge in [-0.1, -0.05) is 0 Å². The summed E-state index contributed by atoms with van der Waals surface area (Å²) in [5.74, 6) is 0.769. The number of aromatic nitrogens is 1. The summed E-state index contributed by atoms with van der Waals surface area (Å²) in [6, 6.07) is 0. The molecule has 0 aliphatic carbocycles. The van der Waals surface area contributed by atoms with Gasteiger partial charge in [0.25, 0.3) is 0 Å². The van der Waals surface area contributed by atoms with E-state index in [4.69, 9.17) is 9.47 Å². The summed E-state index contributed by atoms with van der Waals surface area (Å²) in [5, 5.41) is 7.56. The van der Waals surface area contributed by atoms with Gasteiger partial charge in [-0.25, -0.2) is 4.98 Å². The summed E-state index contributed by atoms with van der Waals surface area (Å²) < 4.78 is 10.3. The number of hydrogen-bond acceptors (Lipinski definition) is 5. The number of aliphatic imine (C=N–C) groups is 1. The number of rotatable bonds is 8. The van der Waals surface area contributed by atoms with Gasteiger partial charge < -0.3 is 20.1 Å². The van der Waals surface area contributed by atoms with Gasteiger partial charge in [-0.15, -0.1) is 11.3 Å². The lowest BCUT2D eigenvalue weighted by Gasteiger charge is -2.11. The minimum atomic E-state index is 0.615. The Morgan fingerprint density at radius 1 is 1.25 bits per heavy atom. The van der Waals surface area contributed by atoms with Crippen molar-refractivity contribution in [2.45, 2.75) is 20.4 Å². The molecule has 1 heterocycles. The Bertz CT molecular complexity index is 421. The van der Waals surface area contributed by atoms with Crippen molar-refractivity contribution in [3.05, 3.63) is 15.6 Å². The van der Waals surface area contributed by atoms with Gasteiger partial charge in [-0.05, 0) is 13.8 Å². The van der Waals surface area contributed by atoms with Crippen LogP contribution in [0.4, 0.5) is 0 Å². The van der Waals surface area contributed by atoms with Crippen LogP contribution in [0.3, 0.4) is 0 Å². The molecule has 1 aromatic rings. The number of methoxy groups -OCH3 is 1. The van der Waals surface area contributed by atoms with E-state index in [9.17, 15) is 0 Å². The van der Waals surface area contributed by atoms with Crippen LogP contribution in [0.1, 0.15) is 15.6 Å². The Hall–Kier alpha value is -1.18. The Morgan fingerprint density at radius 3 is 2.65 bits per heavy atom. The molecule has 0 bridgehead atoms. The van der Waals surface area contributed by atoms with Crippen molar-refractivity contribution >= 4 is 17.3 Å². The number of ether oxygens (including phenoxy) is 2. The van der Waals surface area contributed by atoms with Crippen LogP contribution in [-0.4, -0.2) is 51.5 Å². The lowest BCUT2D eigenvalue weighted by atomic mass is 10.4. The van der Waals surface area contributed by atoms with E-state index in [1.165, 1.54) is 4.88 Å². The molecule has 1 rings (SSSR count). The van der Waals surface area contributed by atoms with Crippen molar-refractivity contribution < 1.29 is 9.47 Å². The number of nitrogens with one attached hydrogen (secondary N) is 2. The first-order valence-electron chi connectivity index (χ1n) is 6.61. The monoisotopic (exact) mass is 300 g/mol. The predicted molar refractivity (Wildman–Crippen MR) is 82.5 cm³/mol. The van der Waals surface area contributed by atoms with Gasteiger partial charge in [0.05, 0.1) is 37.1 Å². The maximum absolute atomic E-state index is 5.38. The fraction of sp³-hybridized carbons (Fsp3) is 0.692. The maximum atomic E-state index is 5.38. The smallest absolute Gasteiger partial charge is 0.191 e. The molecule has 7 heteroatoms. The first-order valence-corrected chi connectivity index (χ1v) is 7.43. The second-order valence-electron chi connectivity index (χ2n) is 4.20. The van der Waals surface area contributed by atoms with Gasteiger partial charge in [0.1, 0.15) is 0 Å². The molecule has 0 saturated carbocycles. The molecule has 2 N–H and O–H groups in total. The summed E-state index contributed by atoms with van der Waals surface area (Å²) in [6.45, 7) is 7.36. The minimum Gasteiger partial charge on any atom is -0.382 e. The van der Waals surface area contributed by atoms with E-state index in [-0.39, 0.29) is 0 Å². The fourth-order valence-corrected chi connectivity index (χ4v) is 2.48. The molecule has 0 aromatic carbocycles. The highest BCUT2D eigenvalue weighted by atomic mass is 32.1. The second-order valence-corrected chi connectivity index (χ2v) is 5.49.